The van der Waals surface area contributed by atoms with Gasteiger partial charge in [-0.1, -0.05) is 104 Å². The molecule has 0 aliphatic heterocycles. The Hall–Kier alpha value is -2.43. The van der Waals surface area contributed by atoms with Crippen LogP contribution >= 0.6 is 7.82 Å². The highest BCUT2D eigenvalue weighted by Crippen LogP contribution is 2.43. The van der Waals surface area contributed by atoms with Crippen LogP contribution in [0.1, 0.15) is 195 Å². The summed E-state index contributed by atoms with van der Waals surface area (Å²) < 4.78 is 45.6. The van der Waals surface area contributed by atoms with Gasteiger partial charge in [-0.05, 0) is 89.1 Å². The molecular formula is C47H82NO10P. The van der Waals surface area contributed by atoms with Gasteiger partial charge in [-0.2, -0.15) is 0 Å². The van der Waals surface area contributed by atoms with E-state index in [9.17, 15) is 19.0 Å². The van der Waals surface area contributed by atoms with Gasteiger partial charge < -0.3 is 28.5 Å². The molecule has 59 heavy (non-hydrogen) atoms. The second-order valence-corrected chi connectivity index (χ2v) is 17.8. The second-order valence-electron chi connectivity index (χ2n) is 16.4. The number of phosphoric acid groups is 1. The molecule has 0 bridgehead atoms. The first-order valence-corrected chi connectivity index (χ1v) is 24.8. The number of furan rings is 2. The van der Waals surface area contributed by atoms with E-state index < -0.39 is 32.5 Å². The zero-order valence-electron chi connectivity index (χ0n) is 37.9. The average Bonchev–Trinajstić information content (AvgIpc) is 3.69. The molecule has 12 heteroatoms. The number of aryl methyl sites for hydroxylation is 5. The molecule has 0 aromatic carbocycles. The first kappa shape index (κ1) is 52.7. The minimum Gasteiger partial charge on any atom is -0.466 e. The maximum Gasteiger partial charge on any atom is 0.472 e. The van der Waals surface area contributed by atoms with Crippen molar-refractivity contribution >= 4 is 19.8 Å². The third-order valence-electron chi connectivity index (χ3n) is 11.0. The summed E-state index contributed by atoms with van der Waals surface area (Å²) in [5, 5.41) is 2.83. The Labute approximate surface area is 357 Å². The molecular weight excluding hydrogens is 769 g/mol. The van der Waals surface area contributed by atoms with Crippen molar-refractivity contribution in [3.8, 4) is 0 Å². The smallest absolute Gasteiger partial charge is 0.466 e. The van der Waals surface area contributed by atoms with Crippen molar-refractivity contribution < 1.29 is 46.4 Å². The van der Waals surface area contributed by atoms with E-state index in [2.05, 4.69) is 46.0 Å². The minimum absolute atomic E-state index is 0.0283. The summed E-state index contributed by atoms with van der Waals surface area (Å²) in [4.78, 5) is 35.3. The van der Waals surface area contributed by atoms with Crippen molar-refractivity contribution in [1.29, 1.82) is 0 Å². The Kier molecular flexibility index (Phi) is 28.9. The van der Waals surface area contributed by atoms with E-state index in [-0.39, 0.29) is 26.1 Å². The van der Waals surface area contributed by atoms with E-state index in [1.807, 2.05) is 0 Å². The lowest BCUT2D eigenvalue weighted by Gasteiger charge is -2.20. The number of esters is 2. The molecule has 2 rings (SSSR count). The lowest BCUT2D eigenvalue weighted by Crippen LogP contribution is -2.29. The van der Waals surface area contributed by atoms with Crippen LogP contribution in [-0.2, 0) is 58.4 Å². The largest absolute Gasteiger partial charge is 0.472 e. The van der Waals surface area contributed by atoms with Crippen LogP contribution in [0.25, 0.3) is 0 Å². The topological polar surface area (TPSA) is 147 Å². The SMILES string of the molecule is CCCCCc1cc(C)c(CCCCCCCCCCC(=O)OC[C@H](COP(=O)(O)OCCNC)OC(=O)CCCCCCCCCCc2oc(CCC)c(C)c2C)o1. The average molecular weight is 852 g/mol. The van der Waals surface area contributed by atoms with Gasteiger partial charge in [-0.25, -0.2) is 4.57 Å². The number of phosphoric ester groups is 1. The molecule has 2 atom stereocenters. The zero-order valence-corrected chi connectivity index (χ0v) is 38.8. The van der Waals surface area contributed by atoms with Gasteiger partial charge in [0.25, 0.3) is 0 Å². The van der Waals surface area contributed by atoms with Crippen LogP contribution in [0, 0.1) is 20.8 Å². The van der Waals surface area contributed by atoms with Crippen LogP contribution in [0.5, 0.6) is 0 Å². The van der Waals surface area contributed by atoms with Gasteiger partial charge in [-0.15, -0.1) is 0 Å². The number of unbranched alkanes of at least 4 members (excludes halogenated alkanes) is 16. The third-order valence-corrected chi connectivity index (χ3v) is 12.0. The van der Waals surface area contributed by atoms with Crippen LogP contribution in [0.3, 0.4) is 0 Å². The van der Waals surface area contributed by atoms with Crippen molar-refractivity contribution in [3.63, 3.8) is 0 Å². The summed E-state index contributed by atoms with van der Waals surface area (Å²) in [5.74, 6) is 3.72. The van der Waals surface area contributed by atoms with Gasteiger partial charge in [0.05, 0.1) is 13.2 Å². The van der Waals surface area contributed by atoms with Gasteiger partial charge in [-0.3, -0.25) is 18.6 Å². The number of hydrogen-bond acceptors (Lipinski definition) is 10. The summed E-state index contributed by atoms with van der Waals surface area (Å²) >= 11 is 0. The van der Waals surface area contributed by atoms with Gasteiger partial charge in [0.2, 0.25) is 0 Å². The minimum atomic E-state index is -4.37. The van der Waals surface area contributed by atoms with E-state index in [4.69, 9.17) is 27.4 Å². The summed E-state index contributed by atoms with van der Waals surface area (Å²) in [7, 11) is -2.68. The number of hydrogen-bond donors (Lipinski definition) is 2. The molecule has 0 saturated heterocycles. The highest BCUT2D eigenvalue weighted by Gasteiger charge is 2.26. The molecule has 0 fully saturated rings. The number of carbonyl (C=O) groups is 2. The zero-order chi connectivity index (χ0) is 43.1. The van der Waals surface area contributed by atoms with E-state index in [0.29, 0.717) is 19.4 Å². The van der Waals surface area contributed by atoms with Gasteiger partial charge in [0.1, 0.15) is 29.6 Å². The summed E-state index contributed by atoms with van der Waals surface area (Å²) in [5.41, 5.74) is 3.90. The monoisotopic (exact) mass is 852 g/mol. The number of carbonyl (C=O) groups excluding carboxylic acids is 2. The van der Waals surface area contributed by atoms with Crippen LogP contribution in [0.4, 0.5) is 0 Å². The number of nitrogens with one attached hydrogen (secondary N) is 1. The Morgan fingerprint density at radius 1 is 0.644 bits per heavy atom. The van der Waals surface area contributed by atoms with Gasteiger partial charge in [0, 0.05) is 45.1 Å². The molecule has 340 valence electrons. The molecule has 0 amide bonds. The molecule has 0 aliphatic rings. The standard InChI is InChI=1S/C47H82NO10P/c1-7-9-22-28-41-35-38(3)43(56-41)29-23-18-14-10-12-16-20-25-31-46(49)53-36-42(37-55-59(51,52)54-34-33-48-6)57-47(50)32-26-21-17-13-11-15-19-24-30-45-40(5)39(4)44(58-45)27-8-2/h35,42,48H,7-34,36-37H2,1-6H3,(H,51,52)/t42-/m1/s1. The lowest BCUT2D eigenvalue weighted by molar-refractivity contribution is -0.161. The molecule has 11 nitrogen and oxygen atoms in total. The van der Waals surface area contributed by atoms with E-state index >= 15 is 0 Å². The van der Waals surface area contributed by atoms with Crippen molar-refractivity contribution in [2.45, 2.75) is 208 Å². The first-order chi connectivity index (χ1) is 28.5. The number of rotatable bonds is 38. The molecule has 0 spiro atoms. The number of likely N-dealkylation sites (N-methyl/N-ethyl adjacent to an activating group) is 1. The van der Waals surface area contributed by atoms with Crippen molar-refractivity contribution in [2.75, 3.05) is 33.4 Å². The van der Waals surface area contributed by atoms with Crippen molar-refractivity contribution in [2.24, 2.45) is 0 Å². The molecule has 2 heterocycles. The highest BCUT2D eigenvalue weighted by molar-refractivity contribution is 7.47. The van der Waals surface area contributed by atoms with Crippen LogP contribution in [0.2, 0.25) is 0 Å². The summed E-state index contributed by atoms with van der Waals surface area (Å²) in [6, 6.07) is 2.21. The molecule has 0 radical (unpaired) electrons. The molecule has 1 unspecified atom stereocenters. The Balaban J connectivity index is 1.59. The van der Waals surface area contributed by atoms with Crippen molar-refractivity contribution in [1.82, 2.24) is 5.32 Å². The molecule has 2 N–H and O–H groups in total. The predicted octanol–water partition coefficient (Wildman–Crippen LogP) is 12.1. The second kappa shape index (κ2) is 32.3. The fourth-order valence-corrected chi connectivity index (χ4v) is 8.01. The maximum absolute atomic E-state index is 12.7. The van der Waals surface area contributed by atoms with Gasteiger partial charge in [0.15, 0.2) is 6.10 Å². The Morgan fingerprint density at radius 3 is 1.75 bits per heavy atom. The Morgan fingerprint density at radius 2 is 1.17 bits per heavy atom. The molecule has 2 aromatic heterocycles. The fraction of sp³-hybridized carbons (Fsp3) is 0.787. The van der Waals surface area contributed by atoms with E-state index in [1.54, 1.807) is 7.05 Å². The van der Waals surface area contributed by atoms with Crippen molar-refractivity contribution in [3.05, 3.63) is 45.8 Å². The predicted molar refractivity (Wildman–Crippen MR) is 236 cm³/mol. The van der Waals surface area contributed by atoms with Crippen LogP contribution < -0.4 is 5.32 Å². The fourth-order valence-electron chi connectivity index (χ4n) is 7.26. The quantitative estimate of drug-likeness (QED) is 0.0378. The first-order valence-electron chi connectivity index (χ1n) is 23.3. The third kappa shape index (κ3) is 24.6. The highest BCUT2D eigenvalue weighted by atomic mass is 31.2. The summed E-state index contributed by atoms with van der Waals surface area (Å²) in [6.07, 6.45) is 25.2. The van der Waals surface area contributed by atoms with E-state index in [1.165, 1.54) is 68.1 Å². The van der Waals surface area contributed by atoms with Crippen LogP contribution in [-0.4, -0.2) is 56.3 Å². The van der Waals surface area contributed by atoms with Gasteiger partial charge >= 0.3 is 19.8 Å². The molecule has 2 aromatic rings. The lowest BCUT2D eigenvalue weighted by atomic mass is 10.0. The van der Waals surface area contributed by atoms with Crippen LogP contribution in [0.15, 0.2) is 14.9 Å². The maximum atomic E-state index is 12.7. The molecule has 0 aliphatic carbocycles. The normalized spacial score (nSPS) is 13.1. The van der Waals surface area contributed by atoms with E-state index in [0.717, 1.165) is 113 Å². The summed E-state index contributed by atoms with van der Waals surface area (Å²) in [6.45, 7) is 10.5. The molecule has 0 saturated carbocycles. The number of ether oxygens (including phenoxy) is 2. The Bertz CT molecular complexity index is 1450.